The van der Waals surface area contributed by atoms with Crippen LogP contribution in [0.25, 0.3) is 0 Å². The van der Waals surface area contributed by atoms with Gasteiger partial charge < -0.3 is 10.2 Å². The van der Waals surface area contributed by atoms with E-state index in [0.29, 0.717) is 5.92 Å². The summed E-state index contributed by atoms with van der Waals surface area (Å²) in [6.07, 6.45) is 1.10. The van der Waals surface area contributed by atoms with Crippen molar-refractivity contribution in [2.45, 2.75) is 46.6 Å². The molecule has 0 aliphatic heterocycles. The molecule has 0 amide bonds. The fourth-order valence-electron chi connectivity index (χ4n) is 2.06. The van der Waals surface area contributed by atoms with Gasteiger partial charge in [-0.2, -0.15) is 0 Å². The summed E-state index contributed by atoms with van der Waals surface area (Å²) in [5, 5.41) is 3.43. The average Bonchev–Trinajstić information content (AvgIpc) is 2.23. The molecule has 0 bridgehead atoms. The third-order valence-electron chi connectivity index (χ3n) is 2.76. The molecule has 0 aliphatic rings. The van der Waals surface area contributed by atoms with Crippen LogP contribution in [0.2, 0.25) is 0 Å². The van der Waals surface area contributed by atoms with Crippen LogP contribution >= 0.6 is 0 Å². The van der Waals surface area contributed by atoms with Crippen LogP contribution in [0.1, 0.15) is 50.2 Å². The molecule has 0 saturated heterocycles. The molecule has 102 valence electrons. The van der Waals surface area contributed by atoms with Crippen LogP contribution in [0.5, 0.6) is 0 Å². The summed E-state index contributed by atoms with van der Waals surface area (Å²) >= 11 is 0. The van der Waals surface area contributed by atoms with Crippen molar-refractivity contribution in [2.24, 2.45) is 0 Å². The molecule has 4 nitrogen and oxygen atoms in total. The summed E-state index contributed by atoms with van der Waals surface area (Å²) in [6.45, 7) is 10.4. The standard InChI is InChI=1S/C14H26N4/c1-7-8-15-14-13(10(2)3)11(4)16-12(17-14)9-18(5)6/h10H,7-9H2,1-6H3,(H,15,16,17). The fourth-order valence-corrected chi connectivity index (χ4v) is 2.06. The van der Waals surface area contributed by atoms with Crippen molar-refractivity contribution in [3.8, 4) is 0 Å². The van der Waals surface area contributed by atoms with Crippen molar-refractivity contribution >= 4 is 5.82 Å². The maximum Gasteiger partial charge on any atom is 0.144 e. The number of nitrogens with one attached hydrogen (secondary N) is 1. The zero-order valence-electron chi connectivity index (χ0n) is 12.5. The predicted octanol–water partition coefficient (Wildman–Crippen LogP) is 2.79. The van der Waals surface area contributed by atoms with Crippen molar-refractivity contribution in [1.82, 2.24) is 14.9 Å². The Morgan fingerprint density at radius 2 is 1.89 bits per heavy atom. The van der Waals surface area contributed by atoms with E-state index < -0.39 is 0 Å². The van der Waals surface area contributed by atoms with Gasteiger partial charge in [0.15, 0.2) is 0 Å². The van der Waals surface area contributed by atoms with Gasteiger partial charge in [0.2, 0.25) is 0 Å². The van der Waals surface area contributed by atoms with Crippen LogP contribution in [0.3, 0.4) is 0 Å². The number of hydrogen-bond donors (Lipinski definition) is 1. The Morgan fingerprint density at radius 1 is 1.22 bits per heavy atom. The zero-order chi connectivity index (χ0) is 13.7. The smallest absolute Gasteiger partial charge is 0.144 e. The van der Waals surface area contributed by atoms with Gasteiger partial charge in [0.25, 0.3) is 0 Å². The van der Waals surface area contributed by atoms with E-state index in [1.54, 1.807) is 0 Å². The normalized spacial score (nSPS) is 11.3. The van der Waals surface area contributed by atoms with Gasteiger partial charge in [0.1, 0.15) is 11.6 Å². The van der Waals surface area contributed by atoms with Gasteiger partial charge in [0.05, 0.1) is 6.54 Å². The molecule has 0 fully saturated rings. The molecule has 1 heterocycles. The third-order valence-corrected chi connectivity index (χ3v) is 2.76. The van der Waals surface area contributed by atoms with Crippen LogP contribution in [0.15, 0.2) is 0 Å². The Hall–Kier alpha value is -1.16. The fraction of sp³-hybridized carbons (Fsp3) is 0.714. The van der Waals surface area contributed by atoms with Crippen molar-refractivity contribution in [3.05, 3.63) is 17.1 Å². The second-order valence-corrected chi connectivity index (χ2v) is 5.31. The summed E-state index contributed by atoms with van der Waals surface area (Å²) in [7, 11) is 4.07. The first kappa shape index (κ1) is 14.9. The minimum absolute atomic E-state index is 0.442. The molecule has 0 unspecified atom stereocenters. The molecule has 0 saturated carbocycles. The summed E-state index contributed by atoms with van der Waals surface area (Å²) in [5.74, 6) is 2.34. The molecule has 18 heavy (non-hydrogen) atoms. The lowest BCUT2D eigenvalue weighted by Gasteiger charge is -2.18. The molecule has 1 aromatic heterocycles. The topological polar surface area (TPSA) is 41.1 Å². The maximum absolute atomic E-state index is 4.67. The van der Waals surface area contributed by atoms with Gasteiger partial charge in [-0.3, -0.25) is 0 Å². The first-order valence-electron chi connectivity index (χ1n) is 6.71. The van der Waals surface area contributed by atoms with Gasteiger partial charge >= 0.3 is 0 Å². The van der Waals surface area contributed by atoms with E-state index in [4.69, 9.17) is 0 Å². The van der Waals surface area contributed by atoms with Gasteiger partial charge in [0, 0.05) is 17.8 Å². The highest BCUT2D eigenvalue weighted by molar-refractivity contribution is 5.48. The number of aromatic nitrogens is 2. The van der Waals surface area contributed by atoms with Crippen LogP contribution < -0.4 is 5.32 Å². The first-order valence-corrected chi connectivity index (χ1v) is 6.71. The van der Waals surface area contributed by atoms with Crippen LogP contribution in [-0.4, -0.2) is 35.5 Å². The molecule has 0 aliphatic carbocycles. The molecule has 1 N–H and O–H groups in total. The zero-order valence-corrected chi connectivity index (χ0v) is 12.5. The average molecular weight is 250 g/mol. The van der Waals surface area contributed by atoms with Crippen molar-refractivity contribution < 1.29 is 0 Å². The quantitative estimate of drug-likeness (QED) is 0.843. The summed E-state index contributed by atoms with van der Waals surface area (Å²) in [4.78, 5) is 11.4. The van der Waals surface area contributed by atoms with Gasteiger partial charge in [-0.25, -0.2) is 9.97 Å². The Labute approximate surface area is 111 Å². The lowest BCUT2D eigenvalue weighted by atomic mass is 10.0. The van der Waals surface area contributed by atoms with Crippen LogP contribution in [-0.2, 0) is 6.54 Å². The van der Waals surface area contributed by atoms with Gasteiger partial charge in [-0.15, -0.1) is 0 Å². The Balaban J connectivity index is 3.10. The van der Waals surface area contributed by atoms with E-state index in [1.807, 2.05) is 14.1 Å². The number of rotatable bonds is 6. The second kappa shape index (κ2) is 6.69. The maximum atomic E-state index is 4.67. The molecule has 0 spiro atoms. The van der Waals surface area contributed by atoms with Gasteiger partial charge in [-0.05, 0) is 33.4 Å². The summed E-state index contributed by atoms with van der Waals surface area (Å²) < 4.78 is 0. The van der Waals surface area contributed by atoms with E-state index in [9.17, 15) is 0 Å². The lowest BCUT2D eigenvalue weighted by molar-refractivity contribution is 0.390. The number of aryl methyl sites for hydroxylation is 1. The molecule has 4 heteroatoms. The number of anilines is 1. The van der Waals surface area contributed by atoms with Crippen LogP contribution in [0.4, 0.5) is 5.82 Å². The monoisotopic (exact) mass is 250 g/mol. The predicted molar refractivity (Wildman–Crippen MR) is 77.0 cm³/mol. The van der Waals surface area contributed by atoms with Crippen molar-refractivity contribution in [2.75, 3.05) is 26.0 Å². The molecule has 0 atom stereocenters. The highest BCUT2D eigenvalue weighted by Crippen LogP contribution is 2.25. The second-order valence-electron chi connectivity index (χ2n) is 5.31. The van der Waals surface area contributed by atoms with E-state index in [1.165, 1.54) is 5.56 Å². The minimum Gasteiger partial charge on any atom is -0.370 e. The highest BCUT2D eigenvalue weighted by atomic mass is 15.1. The molecular formula is C14H26N4. The van der Waals surface area contributed by atoms with Gasteiger partial charge in [-0.1, -0.05) is 20.8 Å². The molecule has 1 rings (SSSR count). The summed E-state index contributed by atoms with van der Waals surface area (Å²) in [6, 6.07) is 0. The van der Waals surface area contributed by atoms with E-state index >= 15 is 0 Å². The van der Waals surface area contributed by atoms with Crippen LogP contribution in [0, 0.1) is 6.92 Å². The van der Waals surface area contributed by atoms with Crippen molar-refractivity contribution in [1.29, 1.82) is 0 Å². The SMILES string of the molecule is CCCNc1nc(CN(C)C)nc(C)c1C(C)C. The Morgan fingerprint density at radius 3 is 2.39 bits per heavy atom. The third kappa shape index (κ3) is 3.95. The number of nitrogens with zero attached hydrogens (tertiary/aromatic N) is 3. The highest BCUT2D eigenvalue weighted by Gasteiger charge is 2.14. The van der Waals surface area contributed by atoms with Crippen molar-refractivity contribution in [3.63, 3.8) is 0 Å². The molecular weight excluding hydrogens is 224 g/mol. The molecule has 0 aromatic carbocycles. The summed E-state index contributed by atoms with van der Waals surface area (Å²) in [5.41, 5.74) is 2.33. The first-order chi connectivity index (χ1) is 8.45. The minimum atomic E-state index is 0.442. The lowest BCUT2D eigenvalue weighted by Crippen LogP contribution is -2.17. The van der Waals surface area contributed by atoms with E-state index in [-0.39, 0.29) is 0 Å². The largest absolute Gasteiger partial charge is 0.370 e. The Kier molecular flexibility index (Phi) is 5.54. The molecule has 1 aromatic rings. The molecule has 0 radical (unpaired) electrons. The Bertz CT molecular complexity index is 386. The van der Waals surface area contributed by atoms with E-state index in [0.717, 1.165) is 36.8 Å². The number of hydrogen-bond acceptors (Lipinski definition) is 4. The van der Waals surface area contributed by atoms with E-state index in [2.05, 4.69) is 47.9 Å².